The van der Waals surface area contributed by atoms with Crippen molar-refractivity contribution in [3.63, 3.8) is 0 Å². The van der Waals surface area contributed by atoms with Gasteiger partial charge in [-0.2, -0.15) is 13.2 Å². The lowest BCUT2D eigenvalue weighted by molar-refractivity contribution is -0.174. The fourth-order valence-corrected chi connectivity index (χ4v) is 1.03. The number of nitrogens with two attached hydrogens (primary N) is 1. The second kappa shape index (κ2) is 5.70. The van der Waals surface area contributed by atoms with Crippen LogP contribution in [0.4, 0.5) is 13.2 Å². The second-order valence-corrected chi connectivity index (χ2v) is 4.78. The van der Waals surface area contributed by atoms with Crippen LogP contribution in [0.3, 0.4) is 0 Å². The van der Waals surface area contributed by atoms with Crippen molar-refractivity contribution in [3.8, 4) is 0 Å². The summed E-state index contributed by atoms with van der Waals surface area (Å²) in [6.07, 6.45) is -2.98. The van der Waals surface area contributed by atoms with Crippen LogP contribution in [0.1, 0.15) is 33.6 Å². The van der Waals surface area contributed by atoms with Crippen LogP contribution in [0, 0.1) is 5.41 Å². The Kier molecular flexibility index (Phi) is 5.59. The SMILES string of the molecule is CC(C)(C)C(N)CCCOCC(F)(F)F. The van der Waals surface area contributed by atoms with Gasteiger partial charge in [-0.25, -0.2) is 0 Å². The molecule has 1 atom stereocenters. The summed E-state index contributed by atoms with van der Waals surface area (Å²) in [5, 5.41) is 0. The Morgan fingerprint density at radius 3 is 2.13 bits per heavy atom. The Hall–Kier alpha value is -0.290. The molecular formula is C10H20F3NO. The molecule has 0 spiro atoms. The Balaban J connectivity index is 3.48. The minimum absolute atomic E-state index is 0.00742. The van der Waals surface area contributed by atoms with Crippen LogP contribution in [-0.2, 0) is 4.74 Å². The molecule has 2 nitrogen and oxygen atoms in total. The number of ether oxygens (including phenoxy) is 1. The van der Waals surface area contributed by atoms with Gasteiger partial charge in [-0.3, -0.25) is 0 Å². The predicted molar refractivity (Wildman–Crippen MR) is 53.5 cm³/mol. The third-order valence-corrected chi connectivity index (χ3v) is 2.18. The van der Waals surface area contributed by atoms with Gasteiger partial charge in [0.25, 0.3) is 0 Å². The normalized spacial score (nSPS) is 15.4. The Morgan fingerprint density at radius 1 is 1.20 bits per heavy atom. The second-order valence-electron chi connectivity index (χ2n) is 4.78. The van der Waals surface area contributed by atoms with Gasteiger partial charge in [-0.05, 0) is 18.3 Å². The lowest BCUT2D eigenvalue weighted by atomic mass is 9.85. The van der Waals surface area contributed by atoms with E-state index in [1.165, 1.54) is 0 Å². The molecule has 0 aliphatic heterocycles. The van der Waals surface area contributed by atoms with Crippen molar-refractivity contribution < 1.29 is 17.9 Å². The van der Waals surface area contributed by atoms with E-state index in [4.69, 9.17) is 5.73 Å². The van der Waals surface area contributed by atoms with Crippen LogP contribution in [0.25, 0.3) is 0 Å². The van der Waals surface area contributed by atoms with Crippen molar-refractivity contribution in [2.45, 2.75) is 45.8 Å². The highest BCUT2D eigenvalue weighted by molar-refractivity contribution is 4.76. The first-order valence-corrected chi connectivity index (χ1v) is 5.03. The molecule has 0 radical (unpaired) electrons. The predicted octanol–water partition coefficient (Wildman–Crippen LogP) is 2.72. The quantitative estimate of drug-likeness (QED) is 0.733. The van der Waals surface area contributed by atoms with Gasteiger partial charge >= 0.3 is 6.18 Å². The first-order valence-electron chi connectivity index (χ1n) is 5.03. The molecule has 0 aliphatic rings. The summed E-state index contributed by atoms with van der Waals surface area (Å²) in [6.45, 7) is 4.97. The molecule has 0 saturated heterocycles. The number of alkyl halides is 3. The highest BCUT2D eigenvalue weighted by Crippen LogP contribution is 2.21. The van der Waals surface area contributed by atoms with Gasteiger partial charge in [0.15, 0.2) is 0 Å². The number of hydrogen-bond donors (Lipinski definition) is 1. The number of rotatable bonds is 5. The summed E-state index contributed by atoms with van der Waals surface area (Å²) in [5.74, 6) is 0. The summed E-state index contributed by atoms with van der Waals surface area (Å²) in [4.78, 5) is 0. The third-order valence-electron chi connectivity index (χ3n) is 2.18. The van der Waals surface area contributed by atoms with E-state index >= 15 is 0 Å². The molecule has 0 saturated carbocycles. The summed E-state index contributed by atoms with van der Waals surface area (Å²) in [7, 11) is 0. The molecule has 0 aromatic rings. The first kappa shape index (κ1) is 14.7. The maximum Gasteiger partial charge on any atom is 0.411 e. The lowest BCUT2D eigenvalue weighted by Gasteiger charge is -2.26. The van der Waals surface area contributed by atoms with E-state index in [1.54, 1.807) is 0 Å². The van der Waals surface area contributed by atoms with E-state index in [-0.39, 0.29) is 18.1 Å². The molecule has 2 N–H and O–H groups in total. The minimum atomic E-state index is -4.23. The molecule has 0 fully saturated rings. The molecule has 0 aliphatic carbocycles. The largest absolute Gasteiger partial charge is 0.411 e. The molecule has 0 rings (SSSR count). The average Bonchev–Trinajstić information content (AvgIpc) is 1.99. The van der Waals surface area contributed by atoms with Gasteiger partial charge in [-0.1, -0.05) is 20.8 Å². The fourth-order valence-electron chi connectivity index (χ4n) is 1.03. The Bertz CT molecular complexity index is 174. The zero-order valence-corrected chi connectivity index (χ0v) is 9.53. The van der Waals surface area contributed by atoms with Gasteiger partial charge in [-0.15, -0.1) is 0 Å². The maximum atomic E-state index is 11.7. The molecule has 5 heteroatoms. The van der Waals surface area contributed by atoms with Crippen molar-refractivity contribution in [2.24, 2.45) is 11.1 Å². The standard InChI is InChI=1S/C10H20F3NO/c1-9(2,3)8(14)5-4-6-15-7-10(11,12)13/h8H,4-7,14H2,1-3H3. The van der Waals surface area contributed by atoms with Crippen molar-refractivity contribution in [3.05, 3.63) is 0 Å². The van der Waals surface area contributed by atoms with Gasteiger partial charge < -0.3 is 10.5 Å². The molecule has 1 unspecified atom stereocenters. The van der Waals surface area contributed by atoms with Crippen LogP contribution in [-0.4, -0.2) is 25.4 Å². The lowest BCUT2D eigenvalue weighted by Crippen LogP contribution is -2.35. The molecule has 0 aromatic carbocycles. The van der Waals surface area contributed by atoms with E-state index < -0.39 is 12.8 Å². The van der Waals surface area contributed by atoms with E-state index in [9.17, 15) is 13.2 Å². The molecule has 92 valence electrons. The average molecular weight is 227 g/mol. The topological polar surface area (TPSA) is 35.2 Å². The van der Waals surface area contributed by atoms with Crippen LogP contribution in [0.15, 0.2) is 0 Å². The first-order chi connectivity index (χ1) is 6.63. The molecular weight excluding hydrogens is 207 g/mol. The fraction of sp³-hybridized carbons (Fsp3) is 1.00. The minimum Gasteiger partial charge on any atom is -0.372 e. The monoisotopic (exact) mass is 227 g/mol. The zero-order valence-electron chi connectivity index (χ0n) is 9.53. The maximum absolute atomic E-state index is 11.7. The Labute approximate surface area is 89.0 Å². The van der Waals surface area contributed by atoms with Crippen molar-refractivity contribution in [1.29, 1.82) is 0 Å². The van der Waals surface area contributed by atoms with Crippen molar-refractivity contribution in [2.75, 3.05) is 13.2 Å². The molecule has 0 aromatic heterocycles. The number of halogens is 3. The smallest absolute Gasteiger partial charge is 0.372 e. The number of hydrogen-bond acceptors (Lipinski definition) is 2. The van der Waals surface area contributed by atoms with Gasteiger partial charge in [0, 0.05) is 12.6 Å². The molecule has 15 heavy (non-hydrogen) atoms. The third kappa shape index (κ3) is 8.69. The van der Waals surface area contributed by atoms with E-state index in [0.717, 1.165) is 0 Å². The van der Waals surface area contributed by atoms with Crippen LogP contribution in [0.2, 0.25) is 0 Å². The van der Waals surface area contributed by atoms with Gasteiger partial charge in [0.2, 0.25) is 0 Å². The van der Waals surface area contributed by atoms with Gasteiger partial charge in [0.05, 0.1) is 0 Å². The Morgan fingerprint density at radius 2 is 1.73 bits per heavy atom. The van der Waals surface area contributed by atoms with Crippen LogP contribution >= 0.6 is 0 Å². The van der Waals surface area contributed by atoms with E-state index in [1.807, 2.05) is 20.8 Å². The zero-order chi connectivity index (χ0) is 12.1. The summed E-state index contributed by atoms with van der Waals surface area (Å²) in [6, 6.07) is -0.00742. The summed E-state index contributed by atoms with van der Waals surface area (Å²) >= 11 is 0. The van der Waals surface area contributed by atoms with Crippen molar-refractivity contribution >= 4 is 0 Å². The van der Waals surface area contributed by atoms with Crippen molar-refractivity contribution in [1.82, 2.24) is 0 Å². The highest BCUT2D eigenvalue weighted by Gasteiger charge is 2.27. The van der Waals surface area contributed by atoms with Crippen LogP contribution < -0.4 is 5.73 Å². The summed E-state index contributed by atoms with van der Waals surface area (Å²) in [5.41, 5.74) is 5.83. The van der Waals surface area contributed by atoms with E-state index in [2.05, 4.69) is 4.74 Å². The molecule has 0 bridgehead atoms. The van der Waals surface area contributed by atoms with Gasteiger partial charge in [0.1, 0.15) is 6.61 Å². The molecule has 0 amide bonds. The highest BCUT2D eigenvalue weighted by atomic mass is 19.4. The molecule has 0 heterocycles. The summed E-state index contributed by atoms with van der Waals surface area (Å²) < 4.78 is 39.5. The van der Waals surface area contributed by atoms with Crippen LogP contribution in [0.5, 0.6) is 0 Å². The van der Waals surface area contributed by atoms with E-state index in [0.29, 0.717) is 12.8 Å².